The molecular formula is C18H27NOS. The Kier molecular flexibility index (Phi) is 4.99. The minimum absolute atomic E-state index is 0.175. The van der Waals surface area contributed by atoms with Crippen LogP contribution in [0.5, 0.6) is 0 Å². The van der Waals surface area contributed by atoms with Gasteiger partial charge in [-0.3, -0.25) is 4.79 Å². The summed E-state index contributed by atoms with van der Waals surface area (Å²) in [6.07, 6.45) is 12.4. The lowest BCUT2D eigenvalue weighted by molar-refractivity contribution is 0.0937. The van der Waals surface area contributed by atoms with Gasteiger partial charge < -0.3 is 5.32 Å². The van der Waals surface area contributed by atoms with E-state index in [0.29, 0.717) is 6.04 Å². The van der Waals surface area contributed by atoms with Crippen LogP contribution in [0.1, 0.15) is 78.4 Å². The second-order valence-electron chi connectivity index (χ2n) is 6.74. The van der Waals surface area contributed by atoms with Gasteiger partial charge in [0.2, 0.25) is 0 Å². The van der Waals surface area contributed by atoms with Gasteiger partial charge in [0.05, 0.1) is 4.88 Å². The Bertz CT molecular complexity index is 485. The number of carbonyl (C=O) groups excluding carboxylic acids is 1. The molecular weight excluding hydrogens is 278 g/mol. The van der Waals surface area contributed by atoms with Crippen LogP contribution in [-0.4, -0.2) is 11.9 Å². The molecule has 1 aromatic rings. The first-order valence-electron chi connectivity index (χ1n) is 8.68. The van der Waals surface area contributed by atoms with Gasteiger partial charge in [0.15, 0.2) is 0 Å². The van der Waals surface area contributed by atoms with Crippen LogP contribution >= 0.6 is 11.3 Å². The highest BCUT2D eigenvalue weighted by atomic mass is 32.1. The van der Waals surface area contributed by atoms with E-state index >= 15 is 0 Å². The Morgan fingerprint density at radius 2 is 2.00 bits per heavy atom. The molecule has 1 atom stereocenters. The van der Waals surface area contributed by atoms with Gasteiger partial charge in [-0.2, -0.15) is 0 Å². The number of hydrogen-bond acceptors (Lipinski definition) is 2. The fourth-order valence-electron chi connectivity index (χ4n) is 3.74. The van der Waals surface area contributed by atoms with E-state index in [1.54, 1.807) is 11.3 Å². The molecule has 0 saturated heterocycles. The van der Waals surface area contributed by atoms with Crippen LogP contribution in [0, 0.1) is 5.92 Å². The molecule has 0 radical (unpaired) electrons. The van der Waals surface area contributed by atoms with Crippen molar-refractivity contribution in [1.29, 1.82) is 0 Å². The van der Waals surface area contributed by atoms with Gasteiger partial charge in [-0.05, 0) is 49.7 Å². The van der Waals surface area contributed by atoms with E-state index in [1.165, 1.54) is 61.8 Å². The van der Waals surface area contributed by atoms with Gasteiger partial charge >= 0.3 is 0 Å². The first-order chi connectivity index (χ1) is 10.3. The zero-order valence-electron chi connectivity index (χ0n) is 13.1. The topological polar surface area (TPSA) is 29.1 Å². The van der Waals surface area contributed by atoms with E-state index in [4.69, 9.17) is 0 Å². The predicted molar refractivity (Wildman–Crippen MR) is 89.1 cm³/mol. The van der Waals surface area contributed by atoms with Crippen molar-refractivity contribution in [2.75, 3.05) is 0 Å². The molecule has 2 aliphatic rings. The third-order valence-corrected chi connectivity index (χ3v) is 6.41. The molecule has 0 aromatic carbocycles. The van der Waals surface area contributed by atoms with Crippen LogP contribution in [0.2, 0.25) is 0 Å². The van der Waals surface area contributed by atoms with Crippen molar-refractivity contribution in [1.82, 2.24) is 5.32 Å². The highest BCUT2D eigenvalue weighted by Crippen LogP contribution is 2.33. The molecule has 0 bridgehead atoms. The number of aryl methyl sites for hydroxylation is 1. The molecule has 3 heteroatoms. The summed E-state index contributed by atoms with van der Waals surface area (Å²) in [6, 6.07) is 2.58. The van der Waals surface area contributed by atoms with E-state index in [1.807, 2.05) is 0 Å². The molecule has 2 aliphatic carbocycles. The van der Waals surface area contributed by atoms with Gasteiger partial charge in [0, 0.05) is 10.9 Å². The van der Waals surface area contributed by atoms with Crippen LogP contribution in [0.4, 0.5) is 0 Å². The zero-order valence-corrected chi connectivity index (χ0v) is 13.9. The fourth-order valence-corrected chi connectivity index (χ4v) is 4.85. The maximum absolute atomic E-state index is 12.5. The standard InChI is InChI=1S/C18H27NOS/c1-2-13-9-10-16-14(11-13)12-17(21-16)18(20)19-15-7-5-3-4-6-8-15/h12-13,15H,2-11H2,1H3,(H,19,20)/t13-/m1/s1. The molecule has 116 valence electrons. The number of fused-ring (bicyclic) bond motifs is 1. The van der Waals surface area contributed by atoms with Gasteiger partial charge in [-0.1, -0.05) is 39.0 Å². The molecule has 1 fully saturated rings. The Balaban J connectivity index is 1.64. The lowest BCUT2D eigenvalue weighted by Gasteiger charge is -2.19. The molecule has 0 aliphatic heterocycles. The van der Waals surface area contributed by atoms with Crippen molar-refractivity contribution in [2.45, 2.75) is 77.2 Å². The quantitative estimate of drug-likeness (QED) is 0.805. The Morgan fingerprint density at radius 1 is 1.24 bits per heavy atom. The molecule has 0 unspecified atom stereocenters. The van der Waals surface area contributed by atoms with Crippen molar-refractivity contribution in [3.8, 4) is 0 Å². The summed E-state index contributed by atoms with van der Waals surface area (Å²) in [6.45, 7) is 2.28. The Labute approximate surface area is 132 Å². The SMILES string of the molecule is CC[C@@H]1CCc2sc(C(=O)NC3CCCCCC3)cc2C1. The monoisotopic (exact) mass is 305 g/mol. The van der Waals surface area contributed by atoms with E-state index < -0.39 is 0 Å². The molecule has 1 amide bonds. The summed E-state index contributed by atoms with van der Waals surface area (Å²) < 4.78 is 0. The second-order valence-corrected chi connectivity index (χ2v) is 7.87. The van der Waals surface area contributed by atoms with E-state index in [2.05, 4.69) is 18.3 Å². The van der Waals surface area contributed by atoms with Crippen molar-refractivity contribution in [3.63, 3.8) is 0 Å². The number of hydrogen-bond donors (Lipinski definition) is 1. The average Bonchev–Trinajstić information content (AvgIpc) is 2.76. The maximum atomic E-state index is 12.5. The molecule has 1 heterocycles. The van der Waals surface area contributed by atoms with Gasteiger partial charge in [-0.15, -0.1) is 11.3 Å². The van der Waals surface area contributed by atoms with E-state index in [0.717, 1.165) is 23.6 Å². The third-order valence-electron chi connectivity index (χ3n) is 5.18. The Morgan fingerprint density at radius 3 is 2.71 bits per heavy atom. The summed E-state index contributed by atoms with van der Waals surface area (Å²) in [5.41, 5.74) is 1.45. The predicted octanol–water partition coefficient (Wildman–Crippen LogP) is 4.72. The highest BCUT2D eigenvalue weighted by Gasteiger charge is 2.23. The normalized spacial score (nSPS) is 23.4. The summed E-state index contributed by atoms with van der Waals surface area (Å²) >= 11 is 1.74. The van der Waals surface area contributed by atoms with Crippen LogP contribution in [0.25, 0.3) is 0 Å². The summed E-state index contributed by atoms with van der Waals surface area (Å²) in [5, 5.41) is 3.28. The lowest BCUT2D eigenvalue weighted by atomic mass is 9.87. The zero-order chi connectivity index (χ0) is 14.7. The fraction of sp³-hybridized carbons (Fsp3) is 0.722. The Hall–Kier alpha value is -0.830. The van der Waals surface area contributed by atoms with Gasteiger partial charge in [-0.25, -0.2) is 0 Å². The number of amides is 1. The molecule has 21 heavy (non-hydrogen) atoms. The minimum atomic E-state index is 0.175. The smallest absolute Gasteiger partial charge is 0.261 e. The van der Waals surface area contributed by atoms with E-state index in [9.17, 15) is 4.79 Å². The largest absolute Gasteiger partial charge is 0.349 e. The van der Waals surface area contributed by atoms with Crippen molar-refractivity contribution >= 4 is 17.2 Å². The number of carbonyl (C=O) groups is 1. The molecule has 3 rings (SSSR count). The number of thiophene rings is 1. The number of nitrogens with one attached hydrogen (secondary N) is 1. The van der Waals surface area contributed by atoms with Crippen molar-refractivity contribution in [3.05, 3.63) is 21.4 Å². The molecule has 1 N–H and O–H groups in total. The van der Waals surface area contributed by atoms with Crippen LogP contribution in [0.3, 0.4) is 0 Å². The molecule has 0 spiro atoms. The minimum Gasteiger partial charge on any atom is -0.349 e. The van der Waals surface area contributed by atoms with Crippen LogP contribution in [0.15, 0.2) is 6.07 Å². The summed E-state index contributed by atoms with van der Waals surface area (Å²) in [5.74, 6) is 0.999. The molecule has 1 saturated carbocycles. The summed E-state index contributed by atoms with van der Waals surface area (Å²) in [4.78, 5) is 14.9. The third kappa shape index (κ3) is 3.68. The molecule has 2 nitrogen and oxygen atoms in total. The van der Waals surface area contributed by atoms with Gasteiger partial charge in [0.1, 0.15) is 0 Å². The lowest BCUT2D eigenvalue weighted by Crippen LogP contribution is -2.33. The maximum Gasteiger partial charge on any atom is 0.261 e. The van der Waals surface area contributed by atoms with Crippen molar-refractivity contribution < 1.29 is 4.79 Å². The van der Waals surface area contributed by atoms with Gasteiger partial charge in [0.25, 0.3) is 5.91 Å². The van der Waals surface area contributed by atoms with Crippen molar-refractivity contribution in [2.24, 2.45) is 5.92 Å². The average molecular weight is 305 g/mol. The first kappa shape index (κ1) is 15.1. The van der Waals surface area contributed by atoms with E-state index in [-0.39, 0.29) is 5.91 Å². The first-order valence-corrected chi connectivity index (χ1v) is 9.50. The summed E-state index contributed by atoms with van der Waals surface area (Å²) in [7, 11) is 0. The number of rotatable bonds is 3. The highest BCUT2D eigenvalue weighted by molar-refractivity contribution is 7.14. The van der Waals surface area contributed by atoms with Crippen LogP contribution in [-0.2, 0) is 12.8 Å². The van der Waals surface area contributed by atoms with Crippen LogP contribution < -0.4 is 5.32 Å². The molecule has 1 aromatic heterocycles. The second kappa shape index (κ2) is 6.95.